The lowest BCUT2D eigenvalue weighted by molar-refractivity contribution is -0.0212. The molecule has 0 amide bonds. The summed E-state index contributed by atoms with van der Waals surface area (Å²) in [7, 11) is 3.02. The van der Waals surface area contributed by atoms with Gasteiger partial charge in [-0.3, -0.25) is 4.99 Å². The van der Waals surface area contributed by atoms with E-state index in [9.17, 15) is 15.3 Å². The summed E-state index contributed by atoms with van der Waals surface area (Å²) in [6.07, 6.45) is 1.30. The van der Waals surface area contributed by atoms with Gasteiger partial charge in [0.2, 0.25) is 0 Å². The van der Waals surface area contributed by atoms with Crippen molar-refractivity contribution in [2.75, 3.05) is 14.2 Å². The Morgan fingerprint density at radius 2 is 2.00 bits per heavy atom. The highest BCUT2D eigenvalue weighted by atomic mass is 16.5. The molecule has 3 N–H and O–H groups in total. The molecule has 6 heteroatoms. The van der Waals surface area contributed by atoms with E-state index >= 15 is 0 Å². The third kappa shape index (κ3) is 1.81. The number of phenols is 1. The molecule has 6 nitrogen and oxygen atoms in total. The summed E-state index contributed by atoms with van der Waals surface area (Å²) in [5.74, 6) is 0.881. The van der Waals surface area contributed by atoms with E-state index in [1.807, 2.05) is 12.3 Å². The molecule has 1 aromatic rings. The highest BCUT2D eigenvalue weighted by molar-refractivity contribution is 5.72. The molecule has 2 aliphatic carbocycles. The number of hydrogen-bond donors (Lipinski definition) is 3. The van der Waals surface area contributed by atoms with Gasteiger partial charge in [0.1, 0.15) is 11.9 Å². The first kappa shape index (κ1) is 15.5. The van der Waals surface area contributed by atoms with Crippen LogP contribution in [0, 0.1) is 0 Å². The molecule has 1 aromatic carbocycles. The number of aromatic hydroxyl groups is 1. The van der Waals surface area contributed by atoms with Crippen molar-refractivity contribution in [1.82, 2.24) is 0 Å². The number of methoxy groups -OCH3 is 2. The number of ether oxygens (including phenoxy) is 2. The van der Waals surface area contributed by atoms with Crippen LogP contribution < -0.4 is 4.74 Å². The molecule has 24 heavy (non-hydrogen) atoms. The third-order valence-electron chi connectivity index (χ3n) is 5.59. The van der Waals surface area contributed by atoms with E-state index in [1.54, 1.807) is 6.07 Å². The quantitative estimate of drug-likeness (QED) is 0.754. The molecular formula is C18H21NO5. The van der Waals surface area contributed by atoms with Crippen molar-refractivity contribution in [3.05, 3.63) is 34.6 Å². The monoisotopic (exact) mass is 331 g/mol. The van der Waals surface area contributed by atoms with Crippen molar-refractivity contribution < 1.29 is 24.8 Å². The van der Waals surface area contributed by atoms with Gasteiger partial charge in [-0.05, 0) is 30.9 Å². The zero-order valence-electron chi connectivity index (χ0n) is 13.7. The topological polar surface area (TPSA) is 91.5 Å². The fourth-order valence-corrected chi connectivity index (χ4v) is 4.65. The van der Waals surface area contributed by atoms with Crippen LogP contribution in [0.25, 0.3) is 0 Å². The minimum absolute atomic E-state index is 0.0975. The van der Waals surface area contributed by atoms with Crippen molar-refractivity contribution >= 4 is 6.21 Å². The zero-order chi connectivity index (χ0) is 17.1. The van der Waals surface area contributed by atoms with Crippen LogP contribution >= 0.6 is 0 Å². The maximum atomic E-state index is 10.8. The SMILES string of the molecule is COC1=C2C3Cc4ccc(OC)c(O)c4C2(CC=N3)CC(O)C1O. The van der Waals surface area contributed by atoms with Crippen LogP contribution in [0.5, 0.6) is 11.5 Å². The molecular weight excluding hydrogens is 310 g/mol. The summed E-state index contributed by atoms with van der Waals surface area (Å²) in [5.41, 5.74) is 2.02. The van der Waals surface area contributed by atoms with E-state index < -0.39 is 17.6 Å². The van der Waals surface area contributed by atoms with Gasteiger partial charge in [0, 0.05) is 22.8 Å². The Balaban J connectivity index is 2.05. The third-order valence-corrected chi connectivity index (χ3v) is 5.59. The number of aliphatic imine (C=N–C) groups is 1. The lowest BCUT2D eigenvalue weighted by Gasteiger charge is -2.51. The fourth-order valence-electron chi connectivity index (χ4n) is 4.65. The van der Waals surface area contributed by atoms with Crippen molar-refractivity contribution in [3.63, 3.8) is 0 Å². The normalized spacial score (nSPS) is 33.8. The predicted molar refractivity (Wildman–Crippen MR) is 87.6 cm³/mol. The number of benzene rings is 1. The van der Waals surface area contributed by atoms with Gasteiger partial charge in [-0.2, -0.15) is 0 Å². The molecule has 4 unspecified atom stereocenters. The largest absolute Gasteiger partial charge is 0.504 e. The van der Waals surface area contributed by atoms with Gasteiger partial charge in [0.15, 0.2) is 11.5 Å². The van der Waals surface area contributed by atoms with Crippen LogP contribution in [0.4, 0.5) is 0 Å². The molecule has 1 heterocycles. The Labute approximate surface area is 140 Å². The minimum atomic E-state index is -1.07. The molecule has 128 valence electrons. The molecule has 0 saturated heterocycles. The van der Waals surface area contributed by atoms with E-state index in [4.69, 9.17) is 9.47 Å². The molecule has 0 radical (unpaired) electrons. The van der Waals surface area contributed by atoms with E-state index in [0.29, 0.717) is 30.8 Å². The Morgan fingerprint density at radius 3 is 2.71 bits per heavy atom. The van der Waals surface area contributed by atoms with Gasteiger partial charge in [-0.15, -0.1) is 0 Å². The summed E-state index contributed by atoms with van der Waals surface area (Å²) in [4.78, 5) is 4.59. The van der Waals surface area contributed by atoms with Gasteiger partial charge in [-0.1, -0.05) is 6.07 Å². The number of aliphatic hydroxyl groups is 2. The average Bonchev–Trinajstić information content (AvgIpc) is 2.55. The Kier molecular flexibility index (Phi) is 3.37. The molecule has 1 aliphatic heterocycles. The maximum Gasteiger partial charge on any atom is 0.162 e. The number of hydrogen-bond acceptors (Lipinski definition) is 6. The Bertz CT molecular complexity index is 756. The first-order chi connectivity index (χ1) is 11.5. The molecule has 0 spiro atoms. The standard InChI is InChI=1S/C18H21NO5/c1-23-12-4-3-9-7-10-14-17(24-2)15(21)11(20)8-18(14,5-6-19-10)13(9)16(12)22/h3-4,6,10-11,15,20-22H,5,7-8H2,1-2H3. The number of phenolic OH excluding ortho intramolecular Hbond substituents is 1. The lowest BCUT2D eigenvalue weighted by atomic mass is 9.56. The molecule has 4 rings (SSSR count). The number of fused-ring (bicyclic) bond motifs is 1. The lowest BCUT2D eigenvalue weighted by Crippen LogP contribution is -2.52. The number of rotatable bonds is 2. The second-order valence-corrected chi connectivity index (χ2v) is 6.69. The fraction of sp³-hybridized carbons (Fsp3) is 0.500. The maximum absolute atomic E-state index is 10.8. The van der Waals surface area contributed by atoms with Crippen molar-refractivity contribution in [2.24, 2.45) is 4.99 Å². The minimum Gasteiger partial charge on any atom is -0.504 e. The predicted octanol–water partition coefficient (Wildman–Crippen LogP) is 1.06. The van der Waals surface area contributed by atoms with E-state index in [0.717, 1.165) is 16.7 Å². The number of nitrogens with zero attached hydrogens (tertiary/aromatic N) is 1. The van der Waals surface area contributed by atoms with E-state index in [-0.39, 0.29) is 11.8 Å². The van der Waals surface area contributed by atoms with Crippen molar-refractivity contribution in [1.29, 1.82) is 0 Å². The zero-order valence-corrected chi connectivity index (χ0v) is 13.7. The van der Waals surface area contributed by atoms with Gasteiger partial charge >= 0.3 is 0 Å². The first-order valence-corrected chi connectivity index (χ1v) is 8.09. The smallest absolute Gasteiger partial charge is 0.162 e. The molecule has 2 bridgehead atoms. The van der Waals surface area contributed by atoms with Gasteiger partial charge in [0.25, 0.3) is 0 Å². The van der Waals surface area contributed by atoms with Crippen molar-refractivity contribution in [3.8, 4) is 11.5 Å². The van der Waals surface area contributed by atoms with Crippen LogP contribution in [-0.4, -0.2) is 54.0 Å². The summed E-state index contributed by atoms with van der Waals surface area (Å²) in [6.45, 7) is 0. The summed E-state index contributed by atoms with van der Waals surface area (Å²) < 4.78 is 10.8. The van der Waals surface area contributed by atoms with E-state index in [2.05, 4.69) is 4.99 Å². The molecule has 0 aromatic heterocycles. The molecule has 0 saturated carbocycles. The average molecular weight is 331 g/mol. The van der Waals surface area contributed by atoms with E-state index in [1.165, 1.54) is 14.2 Å². The summed E-state index contributed by atoms with van der Waals surface area (Å²) in [6, 6.07) is 3.56. The molecule has 3 aliphatic rings. The van der Waals surface area contributed by atoms with Gasteiger partial charge in [0.05, 0.1) is 26.4 Å². The number of aliphatic hydroxyl groups excluding tert-OH is 2. The highest BCUT2D eigenvalue weighted by Crippen LogP contribution is 2.57. The van der Waals surface area contributed by atoms with Gasteiger partial charge in [-0.25, -0.2) is 0 Å². The van der Waals surface area contributed by atoms with Crippen LogP contribution in [-0.2, 0) is 16.6 Å². The second kappa shape index (κ2) is 5.22. The first-order valence-electron chi connectivity index (χ1n) is 8.09. The van der Waals surface area contributed by atoms with Crippen LogP contribution in [0.15, 0.2) is 28.5 Å². The summed E-state index contributed by atoms with van der Waals surface area (Å²) in [5, 5.41) is 31.6. The second-order valence-electron chi connectivity index (χ2n) is 6.69. The highest BCUT2D eigenvalue weighted by Gasteiger charge is 2.55. The van der Waals surface area contributed by atoms with Crippen LogP contribution in [0.2, 0.25) is 0 Å². The van der Waals surface area contributed by atoms with Crippen molar-refractivity contribution in [2.45, 2.75) is 42.9 Å². The summed E-state index contributed by atoms with van der Waals surface area (Å²) >= 11 is 0. The Morgan fingerprint density at radius 1 is 1.21 bits per heavy atom. The van der Waals surface area contributed by atoms with Gasteiger partial charge < -0.3 is 24.8 Å². The Hall–Kier alpha value is -2.05. The molecule has 4 atom stereocenters. The van der Waals surface area contributed by atoms with Crippen LogP contribution in [0.3, 0.4) is 0 Å². The van der Waals surface area contributed by atoms with Crippen LogP contribution in [0.1, 0.15) is 24.0 Å². The molecule has 0 fully saturated rings.